The second-order valence-electron chi connectivity index (χ2n) is 7.96. The highest BCUT2D eigenvalue weighted by molar-refractivity contribution is 5.78. The van der Waals surface area contributed by atoms with Crippen LogP contribution in [0, 0.1) is 5.92 Å². The van der Waals surface area contributed by atoms with Gasteiger partial charge in [-0.3, -0.25) is 4.79 Å². The lowest BCUT2D eigenvalue weighted by Gasteiger charge is -2.42. The molecule has 4 rings (SSSR count). The first kappa shape index (κ1) is 16.7. The highest BCUT2D eigenvalue weighted by Crippen LogP contribution is 2.46. The van der Waals surface area contributed by atoms with Crippen LogP contribution in [0.2, 0.25) is 0 Å². The molecule has 1 atom stereocenters. The predicted molar refractivity (Wildman–Crippen MR) is 94.1 cm³/mol. The van der Waals surface area contributed by atoms with Crippen LogP contribution < -0.4 is 9.47 Å². The molecule has 1 saturated heterocycles. The Balaban J connectivity index is 1.53. The van der Waals surface area contributed by atoms with E-state index in [4.69, 9.17) is 14.2 Å². The zero-order valence-corrected chi connectivity index (χ0v) is 15.1. The summed E-state index contributed by atoms with van der Waals surface area (Å²) in [7, 11) is 0. The summed E-state index contributed by atoms with van der Waals surface area (Å²) in [5.41, 5.74) is 0.974. The van der Waals surface area contributed by atoms with E-state index in [9.17, 15) is 4.79 Å². The average molecular weight is 345 g/mol. The lowest BCUT2D eigenvalue weighted by molar-refractivity contribution is -0.146. The summed E-state index contributed by atoms with van der Waals surface area (Å²) >= 11 is 0. The van der Waals surface area contributed by atoms with Gasteiger partial charge in [-0.25, -0.2) is 0 Å². The van der Waals surface area contributed by atoms with E-state index in [1.165, 1.54) is 18.4 Å². The molecule has 0 aromatic heterocycles. The van der Waals surface area contributed by atoms with Gasteiger partial charge in [-0.1, -0.05) is 6.07 Å². The predicted octanol–water partition coefficient (Wildman–Crippen LogP) is 2.98. The van der Waals surface area contributed by atoms with Crippen molar-refractivity contribution in [3.63, 3.8) is 0 Å². The van der Waals surface area contributed by atoms with Gasteiger partial charge in [0, 0.05) is 13.0 Å². The SMILES string of the molecule is CC1(C)COCCN1C(=O)CC(c1ccc2c(c1)OCCO2)C1CC1. The minimum Gasteiger partial charge on any atom is -0.486 e. The van der Waals surface area contributed by atoms with Crippen molar-refractivity contribution < 1.29 is 19.0 Å². The van der Waals surface area contributed by atoms with Crippen molar-refractivity contribution in [1.29, 1.82) is 0 Å². The molecular weight excluding hydrogens is 318 g/mol. The Hall–Kier alpha value is -1.75. The molecule has 1 aromatic carbocycles. The molecule has 0 spiro atoms. The number of ether oxygens (including phenoxy) is 3. The normalized spacial score (nSPS) is 23.2. The minimum absolute atomic E-state index is 0.226. The maximum absolute atomic E-state index is 13.0. The van der Waals surface area contributed by atoms with Gasteiger partial charge in [0.15, 0.2) is 11.5 Å². The third-order valence-electron chi connectivity index (χ3n) is 5.53. The van der Waals surface area contributed by atoms with E-state index in [2.05, 4.69) is 26.0 Å². The second kappa shape index (κ2) is 6.52. The van der Waals surface area contributed by atoms with Gasteiger partial charge >= 0.3 is 0 Å². The van der Waals surface area contributed by atoms with Crippen molar-refractivity contribution in [3.05, 3.63) is 23.8 Å². The van der Waals surface area contributed by atoms with Gasteiger partial charge in [0.05, 0.1) is 18.8 Å². The molecule has 0 radical (unpaired) electrons. The summed E-state index contributed by atoms with van der Waals surface area (Å²) in [6.45, 7) is 7.28. The van der Waals surface area contributed by atoms with Crippen LogP contribution in [-0.4, -0.2) is 49.3 Å². The summed E-state index contributed by atoms with van der Waals surface area (Å²) in [6, 6.07) is 6.17. The van der Waals surface area contributed by atoms with Gasteiger partial charge < -0.3 is 19.1 Å². The Kier molecular flexibility index (Phi) is 4.36. The van der Waals surface area contributed by atoms with Gasteiger partial charge in [0.25, 0.3) is 0 Å². The number of nitrogens with zero attached hydrogens (tertiary/aromatic N) is 1. The number of amides is 1. The molecule has 2 fully saturated rings. The zero-order valence-electron chi connectivity index (χ0n) is 15.1. The number of morpholine rings is 1. The first-order valence-corrected chi connectivity index (χ1v) is 9.32. The van der Waals surface area contributed by atoms with Gasteiger partial charge in [0.1, 0.15) is 13.2 Å². The fourth-order valence-electron chi connectivity index (χ4n) is 3.96. The van der Waals surface area contributed by atoms with Crippen molar-refractivity contribution in [3.8, 4) is 11.5 Å². The van der Waals surface area contributed by atoms with Crippen LogP contribution in [0.4, 0.5) is 0 Å². The molecule has 5 heteroatoms. The molecule has 3 aliphatic rings. The van der Waals surface area contributed by atoms with E-state index in [1.807, 2.05) is 11.0 Å². The molecule has 1 aliphatic carbocycles. The molecule has 2 aliphatic heterocycles. The number of hydrogen-bond acceptors (Lipinski definition) is 4. The van der Waals surface area contributed by atoms with Crippen LogP contribution in [0.25, 0.3) is 0 Å². The van der Waals surface area contributed by atoms with Crippen molar-refractivity contribution in [2.75, 3.05) is 33.0 Å². The Morgan fingerprint density at radius 1 is 1.20 bits per heavy atom. The molecule has 2 heterocycles. The second-order valence-corrected chi connectivity index (χ2v) is 7.96. The summed E-state index contributed by atoms with van der Waals surface area (Å²) in [6.07, 6.45) is 2.98. The summed E-state index contributed by atoms with van der Waals surface area (Å²) in [5.74, 6) is 2.73. The molecule has 136 valence electrons. The van der Waals surface area contributed by atoms with Crippen LogP contribution in [0.1, 0.15) is 44.6 Å². The monoisotopic (exact) mass is 345 g/mol. The number of carbonyl (C=O) groups excluding carboxylic acids is 1. The Morgan fingerprint density at radius 3 is 2.68 bits per heavy atom. The van der Waals surface area contributed by atoms with E-state index in [0.717, 1.165) is 11.5 Å². The van der Waals surface area contributed by atoms with Crippen LogP contribution in [0.3, 0.4) is 0 Å². The summed E-state index contributed by atoms with van der Waals surface area (Å²) < 4.78 is 16.9. The highest BCUT2D eigenvalue weighted by atomic mass is 16.6. The first-order chi connectivity index (χ1) is 12.0. The van der Waals surface area contributed by atoms with Gasteiger partial charge in [-0.05, 0) is 56.2 Å². The maximum atomic E-state index is 13.0. The number of benzene rings is 1. The van der Waals surface area contributed by atoms with Crippen molar-refractivity contribution in [1.82, 2.24) is 4.90 Å². The fourth-order valence-corrected chi connectivity index (χ4v) is 3.96. The molecule has 1 saturated carbocycles. The van der Waals surface area contributed by atoms with Crippen LogP contribution >= 0.6 is 0 Å². The average Bonchev–Trinajstić information content (AvgIpc) is 3.43. The number of hydrogen-bond donors (Lipinski definition) is 0. The Bertz CT molecular complexity index is 653. The van der Waals surface area contributed by atoms with Crippen molar-refractivity contribution >= 4 is 5.91 Å². The molecule has 0 bridgehead atoms. The minimum atomic E-state index is -0.226. The number of rotatable bonds is 4. The molecule has 5 nitrogen and oxygen atoms in total. The largest absolute Gasteiger partial charge is 0.486 e. The zero-order chi connectivity index (χ0) is 17.4. The highest BCUT2D eigenvalue weighted by Gasteiger charge is 2.39. The maximum Gasteiger partial charge on any atom is 0.223 e. The number of fused-ring (bicyclic) bond motifs is 1. The quantitative estimate of drug-likeness (QED) is 0.842. The number of carbonyl (C=O) groups is 1. The smallest absolute Gasteiger partial charge is 0.223 e. The van der Waals surface area contributed by atoms with E-state index in [1.54, 1.807) is 0 Å². The lowest BCUT2D eigenvalue weighted by Crippen LogP contribution is -2.55. The van der Waals surface area contributed by atoms with E-state index < -0.39 is 0 Å². The van der Waals surface area contributed by atoms with E-state index in [0.29, 0.717) is 45.3 Å². The van der Waals surface area contributed by atoms with E-state index >= 15 is 0 Å². The fraction of sp³-hybridized carbons (Fsp3) is 0.650. The molecule has 25 heavy (non-hydrogen) atoms. The van der Waals surface area contributed by atoms with Crippen molar-refractivity contribution in [2.45, 2.75) is 44.6 Å². The topological polar surface area (TPSA) is 48.0 Å². The first-order valence-electron chi connectivity index (χ1n) is 9.32. The van der Waals surface area contributed by atoms with Gasteiger partial charge in [-0.2, -0.15) is 0 Å². The Labute approximate surface area is 149 Å². The van der Waals surface area contributed by atoms with E-state index in [-0.39, 0.29) is 17.4 Å². The molecule has 0 N–H and O–H groups in total. The van der Waals surface area contributed by atoms with Crippen LogP contribution in [-0.2, 0) is 9.53 Å². The third-order valence-corrected chi connectivity index (χ3v) is 5.53. The van der Waals surface area contributed by atoms with Crippen LogP contribution in [0.15, 0.2) is 18.2 Å². The Morgan fingerprint density at radius 2 is 1.96 bits per heavy atom. The third kappa shape index (κ3) is 3.47. The van der Waals surface area contributed by atoms with Crippen LogP contribution in [0.5, 0.6) is 11.5 Å². The van der Waals surface area contributed by atoms with Gasteiger partial charge in [0.2, 0.25) is 5.91 Å². The van der Waals surface area contributed by atoms with Gasteiger partial charge in [-0.15, -0.1) is 0 Å². The molecule has 1 unspecified atom stereocenters. The summed E-state index contributed by atoms with van der Waals surface area (Å²) in [4.78, 5) is 15.0. The summed E-state index contributed by atoms with van der Waals surface area (Å²) in [5, 5.41) is 0. The lowest BCUT2D eigenvalue weighted by atomic mass is 9.89. The standard InChI is InChI=1S/C20H27NO4/c1-20(2)13-23-8-7-21(20)19(22)12-16(14-3-4-14)15-5-6-17-18(11-15)25-10-9-24-17/h5-6,11,14,16H,3-4,7-10,12-13H2,1-2H3. The van der Waals surface area contributed by atoms with Crippen molar-refractivity contribution in [2.24, 2.45) is 5.92 Å². The molecule has 1 amide bonds. The molecule has 1 aromatic rings. The molecular formula is C20H27NO4.